The molecule has 1 heterocycles. The van der Waals surface area contributed by atoms with Crippen molar-refractivity contribution in [2.45, 2.75) is 39.7 Å². The third-order valence-electron chi connectivity index (χ3n) is 2.56. The average Bonchev–Trinajstić information content (AvgIpc) is 2.67. The predicted molar refractivity (Wildman–Crippen MR) is 57.8 cm³/mol. The normalized spacial score (nSPS) is 11.5. The van der Waals surface area contributed by atoms with E-state index in [4.69, 9.17) is 4.74 Å². The standard InChI is InChI=1S/C11H18N2O2/c1-5-11(3,4)13-8-7-9(12-13)10(14)15-6-2/h7-8H,5-6H2,1-4H3. The molecule has 84 valence electrons. The van der Waals surface area contributed by atoms with E-state index in [9.17, 15) is 4.79 Å². The monoisotopic (exact) mass is 210 g/mol. The van der Waals surface area contributed by atoms with E-state index in [-0.39, 0.29) is 11.5 Å². The van der Waals surface area contributed by atoms with Crippen molar-refractivity contribution < 1.29 is 9.53 Å². The average molecular weight is 210 g/mol. The van der Waals surface area contributed by atoms with Crippen molar-refractivity contribution in [1.29, 1.82) is 0 Å². The molecule has 0 spiro atoms. The zero-order chi connectivity index (χ0) is 11.5. The molecule has 0 saturated heterocycles. The Hall–Kier alpha value is -1.32. The number of hydrogen-bond acceptors (Lipinski definition) is 3. The first-order valence-corrected chi connectivity index (χ1v) is 5.24. The van der Waals surface area contributed by atoms with Crippen LogP contribution in [0.1, 0.15) is 44.6 Å². The van der Waals surface area contributed by atoms with Crippen LogP contribution in [0.15, 0.2) is 12.3 Å². The number of hydrogen-bond donors (Lipinski definition) is 0. The molecule has 0 atom stereocenters. The second kappa shape index (κ2) is 4.47. The molecular weight excluding hydrogens is 192 g/mol. The molecule has 1 aromatic heterocycles. The fourth-order valence-corrected chi connectivity index (χ4v) is 1.14. The van der Waals surface area contributed by atoms with Crippen molar-refractivity contribution in [1.82, 2.24) is 9.78 Å². The Labute approximate surface area is 90.2 Å². The minimum atomic E-state index is -0.358. The van der Waals surface area contributed by atoms with E-state index in [2.05, 4.69) is 25.9 Å². The molecule has 1 rings (SSSR count). The van der Waals surface area contributed by atoms with Crippen molar-refractivity contribution in [3.05, 3.63) is 18.0 Å². The molecule has 0 saturated carbocycles. The lowest BCUT2D eigenvalue weighted by Crippen LogP contribution is -2.26. The van der Waals surface area contributed by atoms with Crippen molar-refractivity contribution >= 4 is 5.97 Å². The van der Waals surface area contributed by atoms with Crippen LogP contribution in [0.25, 0.3) is 0 Å². The highest BCUT2D eigenvalue weighted by molar-refractivity contribution is 5.86. The summed E-state index contributed by atoms with van der Waals surface area (Å²) in [5, 5.41) is 4.21. The summed E-state index contributed by atoms with van der Waals surface area (Å²) in [6, 6.07) is 1.69. The zero-order valence-corrected chi connectivity index (χ0v) is 9.78. The van der Waals surface area contributed by atoms with Gasteiger partial charge in [-0.3, -0.25) is 4.68 Å². The van der Waals surface area contributed by atoms with Gasteiger partial charge >= 0.3 is 5.97 Å². The summed E-state index contributed by atoms with van der Waals surface area (Å²) in [5.74, 6) is -0.358. The van der Waals surface area contributed by atoms with Crippen LogP contribution in [-0.4, -0.2) is 22.4 Å². The van der Waals surface area contributed by atoms with Gasteiger partial charge in [-0.15, -0.1) is 0 Å². The first kappa shape index (κ1) is 11.8. The molecule has 0 aliphatic rings. The van der Waals surface area contributed by atoms with Crippen LogP contribution in [0.4, 0.5) is 0 Å². The van der Waals surface area contributed by atoms with Gasteiger partial charge in [0, 0.05) is 6.20 Å². The van der Waals surface area contributed by atoms with Crippen LogP contribution in [0.3, 0.4) is 0 Å². The second-order valence-electron chi connectivity index (χ2n) is 4.03. The van der Waals surface area contributed by atoms with Gasteiger partial charge in [0.1, 0.15) is 0 Å². The number of carbonyl (C=O) groups excluding carboxylic acids is 1. The Morgan fingerprint density at radius 3 is 2.73 bits per heavy atom. The molecule has 0 amide bonds. The van der Waals surface area contributed by atoms with Crippen LogP contribution >= 0.6 is 0 Å². The molecule has 4 heteroatoms. The van der Waals surface area contributed by atoms with Crippen LogP contribution in [0, 0.1) is 0 Å². The summed E-state index contributed by atoms with van der Waals surface area (Å²) in [7, 11) is 0. The number of nitrogens with zero attached hydrogens (tertiary/aromatic N) is 2. The number of carbonyl (C=O) groups is 1. The Kier molecular flexibility index (Phi) is 3.50. The molecule has 0 aromatic carbocycles. The van der Waals surface area contributed by atoms with Crippen LogP contribution in [0.2, 0.25) is 0 Å². The molecule has 15 heavy (non-hydrogen) atoms. The third kappa shape index (κ3) is 2.58. The SMILES string of the molecule is CCOC(=O)c1ccn(C(C)(C)CC)n1. The number of ether oxygens (including phenoxy) is 1. The lowest BCUT2D eigenvalue weighted by Gasteiger charge is -2.23. The summed E-state index contributed by atoms with van der Waals surface area (Å²) in [4.78, 5) is 11.4. The highest BCUT2D eigenvalue weighted by Crippen LogP contribution is 2.18. The van der Waals surface area contributed by atoms with Crippen molar-refractivity contribution in [3.8, 4) is 0 Å². The zero-order valence-electron chi connectivity index (χ0n) is 9.78. The van der Waals surface area contributed by atoms with E-state index in [1.165, 1.54) is 0 Å². The summed E-state index contributed by atoms with van der Waals surface area (Å²) in [6.07, 6.45) is 2.77. The first-order valence-electron chi connectivity index (χ1n) is 5.24. The molecule has 0 unspecified atom stereocenters. The molecule has 0 fully saturated rings. The quantitative estimate of drug-likeness (QED) is 0.716. The lowest BCUT2D eigenvalue weighted by molar-refractivity contribution is 0.0517. The van der Waals surface area contributed by atoms with Gasteiger partial charge in [-0.05, 0) is 33.3 Å². The van der Waals surface area contributed by atoms with Gasteiger partial charge in [0.25, 0.3) is 0 Å². The maximum absolute atomic E-state index is 11.4. The summed E-state index contributed by atoms with van der Waals surface area (Å²) in [5.41, 5.74) is 0.309. The van der Waals surface area contributed by atoms with Gasteiger partial charge in [-0.25, -0.2) is 4.79 Å². The molecule has 0 aliphatic heterocycles. The minimum absolute atomic E-state index is 0.0647. The Morgan fingerprint density at radius 1 is 1.53 bits per heavy atom. The maximum atomic E-state index is 11.4. The Balaban J connectivity index is 2.85. The fraction of sp³-hybridized carbons (Fsp3) is 0.636. The molecule has 0 N–H and O–H groups in total. The number of aromatic nitrogens is 2. The lowest BCUT2D eigenvalue weighted by atomic mass is 10.0. The van der Waals surface area contributed by atoms with E-state index in [0.717, 1.165) is 6.42 Å². The summed E-state index contributed by atoms with van der Waals surface area (Å²) in [6.45, 7) is 8.41. The third-order valence-corrected chi connectivity index (χ3v) is 2.56. The predicted octanol–water partition coefficient (Wildman–Crippen LogP) is 2.20. The van der Waals surface area contributed by atoms with Gasteiger partial charge in [-0.2, -0.15) is 5.10 Å². The highest BCUT2D eigenvalue weighted by Gasteiger charge is 2.20. The molecule has 1 aromatic rings. The largest absolute Gasteiger partial charge is 0.461 e. The molecule has 0 radical (unpaired) electrons. The van der Waals surface area contributed by atoms with Gasteiger partial charge < -0.3 is 4.74 Å². The van der Waals surface area contributed by atoms with Crippen molar-refractivity contribution in [2.75, 3.05) is 6.61 Å². The minimum Gasteiger partial charge on any atom is -0.461 e. The van der Waals surface area contributed by atoms with E-state index in [1.54, 1.807) is 17.7 Å². The Bertz CT molecular complexity index is 342. The van der Waals surface area contributed by atoms with E-state index >= 15 is 0 Å². The van der Waals surface area contributed by atoms with Gasteiger partial charge in [-0.1, -0.05) is 6.92 Å². The highest BCUT2D eigenvalue weighted by atomic mass is 16.5. The Morgan fingerprint density at radius 2 is 2.20 bits per heavy atom. The van der Waals surface area contributed by atoms with Crippen LogP contribution in [0.5, 0.6) is 0 Å². The van der Waals surface area contributed by atoms with Gasteiger partial charge in [0.05, 0.1) is 12.1 Å². The summed E-state index contributed by atoms with van der Waals surface area (Å²) < 4.78 is 6.68. The van der Waals surface area contributed by atoms with E-state index in [1.807, 2.05) is 6.20 Å². The molecule has 0 bridgehead atoms. The fourth-order valence-electron chi connectivity index (χ4n) is 1.14. The van der Waals surface area contributed by atoms with Gasteiger partial charge in [0.2, 0.25) is 0 Å². The second-order valence-corrected chi connectivity index (χ2v) is 4.03. The summed E-state index contributed by atoms with van der Waals surface area (Å²) >= 11 is 0. The van der Waals surface area contributed by atoms with Crippen LogP contribution < -0.4 is 0 Å². The van der Waals surface area contributed by atoms with Gasteiger partial charge in [0.15, 0.2) is 5.69 Å². The topological polar surface area (TPSA) is 44.1 Å². The van der Waals surface area contributed by atoms with E-state index in [0.29, 0.717) is 12.3 Å². The van der Waals surface area contributed by atoms with E-state index < -0.39 is 0 Å². The molecule has 4 nitrogen and oxygen atoms in total. The van der Waals surface area contributed by atoms with Crippen molar-refractivity contribution in [2.24, 2.45) is 0 Å². The smallest absolute Gasteiger partial charge is 0.358 e. The molecular formula is C11H18N2O2. The first-order chi connectivity index (χ1) is 7.01. The number of rotatable bonds is 4. The van der Waals surface area contributed by atoms with Crippen LogP contribution in [-0.2, 0) is 10.3 Å². The number of esters is 1. The molecule has 0 aliphatic carbocycles. The maximum Gasteiger partial charge on any atom is 0.358 e. The van der Waals surface area contributed by atoms with Crippen molar-refractivity contribution in [3.63, 3.8) is 0 Å².